The summed E-state index contributed by atoms with van der Waals surface area (Å²) in [6.07, 6.45) is 0.746. The summed E-state index contributed by atoms with van der Waals surface area (Å²) < 4.78 is 13.8. The molecular formula is C22H24FN3O2S. The summed E-state index contributed by atoms with van der Waals surface area (Å²) in [6, 6.07) is 11.9. The van der Waals surface area contributed by atoms with Crippen LogP contribution in [0.3, 0.4) is 0 Å². The largest absolute Gasteiger partial charge is 0.324 e. The number of carbonyl (C=O) groups excluding carboxylic acids is 2. The van der Waals surface area contributed by atoms with E-state index in [4.69, 9.17) is 0 Å². The molecule has 1 heterocycles. The van der Waals surface area contributed by atoms with Gasteiger partial charge < -0.3 is 5.32 Å². The Hall–Kier alpha value is -2.67. The zero-order chi connectivity index (χ0) is 21.0. The standard InChI is InChI=1S/C22H24FN3O2S/c1-4-11-26-21(28)19(13-20(27)25-18-8-6-5-7-17(18)23)29-22(26)24-16-10-9-14(2)15(3)12-16/h5-10,12,19H,4,11,13H2,1-3H3,(H,25,27). The van der Waals surface area contributed by atoms with Crippen molar-refractivity contribution in [2.24, 2.45) is 4.99 Å². The van der Waals surface area contributed by atoms with Gasteiger partial charge in [0.15, 0.2) is 5.17 Å². The summed E-state index contributed by atoms with van der Waals surface area (Å²) in [5.41, 5.74) is 3.20. The van der Waals surface area contributed by atoms with Crippen LogP contribution in [0.5, 0.6) is 0 Å². The highest BCUT2D eigenvalue weighted by Gasteiger charge is 2.38. The number of hydrogen-bond donors (Lipinski definition) is 1. The highest BCUT2D eigenvalue weighted by molar-refractivity contribution is 8.15. The highest BCUT2D eigenvalue weighted by atomic mass is 32.2. The smallest absolute Gasteiger partial charge is 0.242 e. The van der Waals surface area contributed by atoms with Gasteiger partial charge in [0.25, 0.3) is 0 Å². The van der Waals surface area contributed by atoms with E-state index in [0.29, 0.717) is 11.7 Å². The van der Waals surface area contributed by atoms with Gasteiger partial charge in [-0.2, -0.15) is 0 Å². The van der Waals surface area contributed by atoms with Gasteiger partial charge in [-0.05, 0) is 55.7 Å². The number of carbonyl (C=O) groups is 2. The lowest BCUT2D eigenvalue weighted by molar-refractivity contribution is -0.128. The zero-order valence-electron chi connectivity index (χ0n) is 16.7. The van der Waals surface area contributed by atoms with Crippen molar-refractivity contribution in [2.45, 2.75) is 38.9 Å². The minimum absolute atomic E-state index is 0.0377. The summed E-state index contributed by atoms with van der Waals surface area (Å²) in [5.74, 6) is -1.04. The predicted octanol–water partition coefficient (Wildman–Crippen LogP) is 4.81. The molecule has 29 heavy (non-hydrogen) atoms. The van der Waals surface area contributed by atoms with Crippen LogP contribution in [0, 0.1) is 19.7 Å². The van der Waals surface area contributed by atoms with E-state index in [2.05, 4.69) is 10.3 Å². The lowest BCUT2D eigenvalue weighted by Gasteiger charge is -2.15. The number of anilines is 1. The molecule has 0 aliphatic carbocycles. The molecule has 1 unspecified atom stereocenters. The normalized spacial score (nSPS) is 17.8. The summed E-state index contributed by atoms with van der Waals surface area (Å²) in [5, 5.41) is 2.57. The summed E-state index contributed by atoms with van der Waals surface area (Å²) in [4.78, 5) is 31.5. The van der Waals surface area contributed by atoms with Crippen molar-refractivity contribution >= 4 is 40.1 Å². The number of rotatable bonds is 6. The quantitative estimate of drug-likeness (QED) is 0.739. The lowest BCUT2D eigenvalue weighted by atomic mass is 10.1. The third-order valence-corrected chi connectivity index (χ3v) is 5.88. The Kier molecular flexibility index (Phi) is 6.69. The van der Waals surface area contributed by atoms with Crippen molar-refractivity contribution in [2.75, 3.05) is 11.9 Å². The van der Waals surface area contributed by atoms with Crippen molar-refractivity contribution in [1.29, 1.82) is 0 Å². The molecule has 0 bridgehead atoms. The maximum Gasteiger partial charge on any atom is 0.242 e. The van der Waals surface area contributed by atoms with E-state index in [-0.39, 0.29) is 18.0 Å². The Bertz CT molecular complexity index is 961. The van der Waals surface area contributed by atoms with E-state index in [1.54, 1.807) is 17.0 Å². The Morgan fingerprint density at radius 3 is 2.66 bits per heavy atom. The molecule has 1 atom stereocenters. The lowest BCUT2D eigenvalue weighted by Crippen LogP contribution is -2.34. The topological polar surface area (TPSA) is 61.8 Å². The van der Waals surface area contributed by atoms with Crippen LogP contribution in [0.2, 0.25) is 0 Å². The Morgan fingerprint density at radius 1 is 1.21 bits per heavy atom. The van der Waals surface area contributed by atoms with Crippen LogP contribution in [-0.4, -0.2) is 33.7 Å². The first kappa shape index (κ1) is 21.0. The van der Waals surface area contributed by atoms with Gasteiger partial charge in [-0.25, -0.2) is 9.38 Å². The minimum Gasteiger partial charge on any atom is -0.324 e. The molecule has 1 saturated heterocycles. The molecule has 0 aromatic heterocycles. The Labute approximate surface area is 174 Å². The van der Waals surface area contributed by atoms with Gasteiger partial charge in [-0.15, -0.1) is 0 Å². The SMILES string of the molecule is CCCN1C(=O)C(CC(=O)Nc2ccccc2F)SC1=Nc1ccc(C)c(C)c1. The van der Waals surface area contributed by atoms with Crippen molar-refractivity contribution in [1.82, 2.24) is 4.90 Å². The molecule has 0 radical (unpaired) electrons. The fraction of sp³-hybridized carbons (Fsp3) is 0.318. The molecule has 2 aromatic carbocycles. The molecule has 1 aliphatic rings. The first-order valence-corrected chi connectivity index (χ1v) is 10.5. The number of amides is 2. The second-order valence-corrected chi connectivity index (χ2v) is 8.16. The molecule has 1 N–H and O–H groups in total. The minimum atomic E-state index is -0.571. The maximum absolute atomic E-state index is 13.8. The van der Waals surface area contributed by atoms with Crippen LogP contribution in [0.25, 0.3) is 0 Å². The fourth-order valence-corrected chi connectivity index (χ4v) is 4.18. The molecule has 1 fully saturated rings. The number of nitrogens with one attached hydrogen (secondary N) is 1. The van der Waals surface area contributed by atoms with E-state index in [1.807, 2.05) is 39.0 Å². The van der Waals surface area contributed by atoms with Crippen molar-refractivity contribution in [3.8, 4) is 0 Å². The number of para-hydroxylation sites is 1. The molecule has 1 aliphatic heterocycles. The first-order chi connectivity index (χ1) is 13.9. The van der Waals surface area contributed by atoms with Crippen LogP contribution in [0.1, 0.15) is 30.9 Å². The number of benzene rings is 2. The number of nitrogens with zero attached hydrogens (tertiary/aromatic N) is 2. The molecule has 7 heteroatoms. The van der Waals surface area contributed by atoms with Crippen molar-refractivity contribution in [3.63, 3.8) is 0 Å². The molecule has 0 saturated carbocycles. The maximum atomic E-state index is 13.8. The van der Waals surface area contributed by atoms with Gasteiger partial charge in [-0.3, -0.25) is 14.5 Å². The van der Waals surface area contributed by atoms with Crippen molar-refractivity contribution in [3.05, 3.63) is 59.4 Å². The second-order valence-electron chi connectivity index (χ2n) is 6.99. The Morgan fingerprint density at radius 2 is 1.97 bits per heavy atom. The third-order valence-electron chi connectivity index (χ3n) is 4.70. The number of amidine groups is 1. The van der Waals surface area contributed by atoms with Crippen LogP contribution < -0.4 is 5.32 Å². The molecule has 2 amide bonds. The number of thioether (sulfide) groups is 1. The van der Waals surface area contributed by atoms with Crippen LogP contribution in [0.15, 0.2) is 47.5 Å². The molecular weight excluding hydrogens is 389 g/mol. The summed E-state index contributed by atoms with van der Waals surface area (Å²) in [6.45, 7) is 6.59. The van der Waals surface area contributed by atoms with E-state index in [0.717, 1.165) is 17.7 Å². The fourth-order valence-electron chi connectivity index (χ4n) is 2.99. The van der Waals surface area contributed by atoms with Gasteiger partial charge in [0.05, 0.1) is 11.4 Å². The molecule has 2 aromatic rings. The number of aliphatic imine (C=N–C) groups is 1. The average molecular weight is 414 g/mol. The second kappa shape index (κ2) is 9.22. The number of halogens is 1. The van der Waals surface area contributed by atoms with Gasteiger partial charge in [0.2, 0.25) is 11.8 Å². The van der Waals surface area contributed by atoms with Crippen molar-refractivity contribution < 1.29 is 14.0 Å². The van der Waals surface area contributed by atoms with Crippen LogP contribution in [-0.2, 0) is 9.59 Å². The third kappa shape index (κ3) is 5.03. The zero-order valence-corrected chi connectivity index (χ0v) is 17.6. The molecule has 5 nitrogen and oxygen atoms in total. The molecule has 3 rings (SSSR count). The molecule has 0 spiro atoms. The van der Waals surface area contributed by atoms with E-state index in [1.165, 1.54) is 29.5 Å². The Balaban J connectivity index is 1.76. The number of aryl methyl sites for hydroxylation is 2. The van der Waals surface area contributed by atoms with E-state index >= 15 is 0 Å². The highest BCUT2D eigenvalue weighted by Crippen LogP contribution is 2.32. The molecule has 152 valence electrons. The summed E-state index contributed by atoms with van der Waals surface area (Å²) >= 11 is 1.29. The van der Waals surface area contributed by atoms with Crippen LogP contribution >= 0.6 is 11.8 Å². The van der Waals surface area contributed by atoms with E-state index < -0.39 is 17.0 Å². The van der Waals surface area contributed by atoms with Gasteiger partial charge in [-0.1, -0.05) is 36.9 Å². The monoisotopic (exact) mass is 413 g/mol. The number of hydrogen-bond acceptors (Lipinski definition) is 4. The van der Waals surface area contributed by atoms with E-state index in [9.17, 15) is 14.0 Å². The predicted molar refractivity (Wildman–Crippen MR) is 116 cm³/mol. The first-order valence-electron chi connectivity index (χ1n) is 9.57. The van der Waals surface area contributed by atoms with Gasteiger partial charge in [0, 0.05) is 13.0 Å². The van der Waals surface area contributed by atoms with Gasteiger partial charge >= 0.3 is 0 Å². The van der Waals surface area contributed by atoms with Crippen LogP contribution in [0.4, 0.5) is 15.8 Å². The average Bonchev–Trinajstić information content (AvgIpc) is 2.95. The van der Waals surface area contributed by atoms with Gasteiger partial charge in [0.1, 0.15) is 11.1 Å². The summed E-state index contributed by atoms with van der Waals surface area (Å²) in [7, 11) is 0.